The van der Waals surface area contributed by atoms with Crippen LogP contribution in [0.5, 0.6) is 0 Å². The molecule has 1 aliphatic rings. The number of carbonyl (C=O) groups is 2. The van der Waals surface area contributed by atoms with E-state index in [0.717, 1.165) is 28.9 Å². The Hall–Kier alpha value is -3.48. The van der Waals surface area contributed by atoms with Gasteiger partial charge in [0.05, 0.1) is 0 Å². The number of aromatic nitrogens is 2. The van der Waals surface area contributed by atoms with E-state index in [0.29, 0.717) is 24.7 Å². The van der Waals surface area contributed by atoms with Crippen molar-refractivity contribution in [2.45, 2.75) is 26.2 Å². The van der Waals surface area contributed by atoms with Gasteiger partial charge in [-0.25, -0.2) is 0 Å². The second-order valence-electron chi connectivity index (χ2n) is 6.69. The molecule has 142 valence electrons. The number of fused-ring (bicyclic) bond motifs is 1. The van der Waals surface area contributed by atoms with Crippen LogP contribution in [-0.4, -0.2) is 28.5 Å². The predicted octanol–water partition coefficient (Wildman–Crippen LogP) is 3.22. The summed E-state index contributed by atoms with van der Waals surface area (Å²) < 4.78 is 5.24. The third kappa shape index (κ3) is 3.78. The molecule has 1 aliphatic heterocycles. The largest absolute Gasteiger partial charge is 0.339 e. The number of nitrogens with one attached hydrogen (secondary N) is 1. The molecule has 0 saturated heterocycles. The highest BCUT2D eigenvalue weighted by atomic mass is 16.5. The third-order valence-electron chi connectivity index (χ3n) is 4.70. The van der Waals surface area contributed by atoms with Gasteiger partial charge in [0.1, 0.15) is 0 Å². The van der Waals surface area contributed by atoms with E-state index < -0.39 is 0 Å². The van der Waals surface area contributed by atoms with Gasteiger partial charge in [-0.1, -0.05) is 35.5 Å². The van der Waals surface area contributed by atoms with Crippen LogP contribution >= 0.6 is 0 Å². The van der Waals surface area contributed by atoms with Gasteiger partial charge in [0, 0.05) is 43.2 Å². The lowest BCUT2D eigenvalue weighted by Gasteiger charge is -2.15. The summed E-state index contributed by atoms with van der Waals surface area (Å²) in [7, 11) is 0. The predicted molar refractivity (Wildman–Crippen MR) is 105 cm³/mol. The van der Waals surface area contributed by atoms with Crippen LogP contribution in [0.2, 0.25) is 0 Å². The number of amides is 2. The van der Waals surface area contributed by atoms with Gasteiger partial charge in [-0.05, 0) is 30.2 Å². The molecule has 7 nitrogen and oxygen atoms in total. The molecule has 0 bridgehead atoms. The van der Waals surface area contributed by atoms with Gasteiger partial charge in [0.15, 0.2) is 0 Å². The minimum absolute atomic E-state index is 0.0324. The average Bonchev–Trinajstić information content (AvgIpc) is 3.34. The summed E-state index contributed by atoms with van der Waals surface area (Å²) in [4.78, 5) is 30.0. The quantitative estimate of drug-likeness (QED) is 0.739. The van der Waals surface area contributed by atoms with E-state index in [2.05, 4.69) is 15.5 Å². The molecule has 2 heterocycles. The van der Waals surface area contributed by atoms with E-state index >= 15 is 0 Å². The average molecular weight is 376 g/mol. The van der Waals surface area contributed by atoms with Crippen molar-refractivity contribution in [2.24, 2.45) is 0 Å². The number of hydrogen-bond acceptors (Lipinski definition) is 5. The molecule has 2 amide bonds. The Morgan fingerprint density at radius 2 is 2.00 bits per heavy atom. The Bertz CT molecular complexity index is 1010. The molecule has 0 unspecified atom stereocenters. The fourth-order valence-electron chi connectivity index (χ4n) is 3.31. The highest BCUT2D eigenvalue weighted by Gasteiger charge is 2.22. The first kappa shape index (κ1) is 17.9. The number of nitrogens with zero attached hydrogens (tertiary/aromatic N) is 3. The third-order valence-corrected chi connectivity index (χ3v) is 4.70. The number of aryl methyl sites for hydroxylation is 1. The van der Waals surface area contributed by atoms with Crippen molar-refractivity contribution in [1.82, 2.24) is 10.1 Å². The van der Waals surface area contributed by atoms with Crippen molar-refractivity contribution in [3.05, 3.63) is 60.0 Å². The molecule has 7 heteroatoms. The zero-order valence-corrected chi connectivity index (χ0v) is 15.5. The fourth-order valence-corrected chi connectivity index (χ4v) is 3.31. The molecular weight excluding hydrogens is 356 g/mol. The molecule has 2 aromatic carbocycles. The SMILES string of the molecule is CC(=O)N1CCc2cc(NC(=O)CCc3nc(-c4ccccc4)no3)ccc21. The minimum Gasteiger partial charge on any atom is -0.339 e. The van der Waals surface area contributed by atoms with Crippen LogP contribution in [0, 0.1) is 0 Å². The van der Waals surface area contributed by atoms with Crippen molar-refractivity contribution in [3.8, 4) is 11.4 Å². The summed E-state index contributed by atoms with van der Waals surface area (Å²) in [6, 6.07) is 15.2. The van der Waals surface area contributed by atoms with Crippen LogP contribution < -0.4 is 10.2 Å². The van der Waals surface area contributed by atoms with Gasteiger partial charge in [-0.15, -0.1) is 0 Å². The van der Waals surface area contributed by atoms with Crippen LogP contribution in [0.1, 0.15) is 24.8 Å². The molecule has 1 aromatic heterocycles. The maximum Gasteiger partial charge on any atom is 0.227 e. The topological polar surface area (TPSA) is 88.3 Å². The minimum atomic E-state index is -0.124. The molecule has 0 fully saturated rings. The maximum atomic E-state index is 12.3. The lowest BCUT2D eigenvalue weighted by molar-refractivity contribution is -0.117. The Kier molecular flexibility index (Phi) is 4.89. The van der Waals surface area contributed by atoms with E-state index in [1.54, 1.807) is 11.8 Å². The molecule has 0 atom stereocenters. The van der Waals surface area contributed by atoms with E-state index in [-0.39, 0.29) is 18.2 Å². The lowest BCUT2D eigenvalue weighted by atomic mass is 10.1. The number of carbonyl (C=O) groups excluding carboxylic acids is 2. The first-order valence-corrected chi connectivity index (χ1v) is 9.19. The summed E-state index contributed by atoms with van der Waals surface area (Å²) in [5.74, 6) is 0.857. The molecule has 3 aromatic rings. The summed E-state index contributed by atoms with van der Waals surface area (Å²) in [5, 5.41) is 6.85. The van der Waals surface area contributed by atoms with Gasteiger partial charge in [-0.2, -0.15) is 4.98 Å². The molecule has 0 radical (unpaired) electrons. The normalized spacial score (nSPS) is 12.7. The van der Waals surface area contributed by atoms with Gasteiger partial charge in [-0.3, -0.25) is 9.59 Å². The number of rotatable bonds is 5. The summed E-state index contributed by atoms with van der Waals surface area (Å²) in [6.07, 6.45) is 1.41. The maximum absolute atomic E-state index is 12.3. The van der Waals surface area contributed by atoms with Crippen molar-refractivity contribution in [3.63, 3.8) is 0 Å². The van der Waals surface area contributed by atoms with Crippen LogP contribution in [0.4, 0.5) is 11.4 Å². The zero-order chi connectivity index (χ0) is 19.5. The first-order chi connectivity index (χ1) is 13.6. The van der Waals surface area contributed by atoms with Crippen molar-refractivity contribution >= 4 is 23.2 Å². The van der Waals surface area contributed by atoms with Crippen LogP contribution in [0.25, 0.3) is 11.4 Å². The number of benzene rings is 2. The van der Waals surface area contributed by atoms with Gasteiger partial charge < -0.3 is 14.7 Å². The van der Waals surface area contributed by atoms with E-state index in [1.807, 2.05) is 48.5 Å². The molecule has 0 aliphatic carbocycles. The molecule has 4 rings (SSSR count). The molecule has 28 heavy (non-hydrogen) atoms. The van der Waals surface area contributed by atoms with Gasteiger partial charge in [0.25, 0.3) is 0 Å². The monoisotopic (exact) mass is 376 g/mol. The Balaban J connectivity index is 1.34. The standard InChI is InChI=1S/C21H20N4O3/c1-14(26)25-12-11-16-13-17(7-8-18(16)25)22-19(27)9-10-20-23-21(24-28-20)15-5-3-2-4-6-15/h2-8,13H,9-12H2,1H3,(H,22,27). The highest BCUT2D eigenvalue weighted by molar-refractivity contribution is 5.95. The Labute approximate surface area is 162 Å². The van der Waals surface area contributed by atoms with Gasteiger partial charge in [0.2, 0.25) is 23.5 Å². The lowest BCUT2D eigenvalue weighted by Crippen LogP contribution is -2.25. The van der Waals surface area contributed by atoms with Crippen LogP contribution in [0.15, 0.2) is 53.1 Å². The van der Waals surface area contributed by atoms with Gasteiger partial charge >= 0.3 is 0 Å². The second kappa shape index (κ2) is 7.64. The van der Waals surface area contributed by atoms with Crippen molar-refractivity contribution < 1.29 is 14.1 Å². The summed E-state index contributed by atoms with van der Waals surface area (Å²) >= 11 is 0. The van der Waals surface area contributed by atoms with Crippen molar-refractivity contribution in [1.29, 1.82) is 0 Å². The molecule has 0 saturated carbocycles. The summed E-state index contributed by atoms with van der Waals surface area (Å²) in [5.41, 5.74) is 3.59. The van der Waals surface area contributed by atoms with Crippen LogP contribution in [0.3, 0.4) is 0 Å². The fraction of sp³-hybridized carbons (Fsp3) is 0.238. The number of anilines is 2. The molecular formula is C21H20N4O3. The Morgan fingerprint density at radius 1 is 1.18 bits per heavy atom. The Morgan fingerprint density at radius 3 is 2.79 bits per heavy atom. The van der Waals surface area contributed by atoms with E-state index in [1.165, 1.54) is 0 Å². The van der Waals surface area contributed by atoms with E-state index in [9.17, 15) is 9.59 Å². The smallest absolute Gasteiger partial charge is 0.227 e. The van der Waals surface area contributed by atoms with Crippen LogP contribution in [-0.2, 0) is 22.4 Å². The molecule has 0 spiro atoms. The second-order valence-corrected chi connectivity index (χ2v) is 6.69. The zero-order valence-electron chi connectivity index (χ0n) is 15.5. The highest BCUT2D eigenvalue weighted by Crippen LogP contribution is 2.30. The van der Waals surface area contributed by atoms with E-state index in [4.69, 9.17) is 4.52 Å². The van der Waals surface area contributed by atoms with Crippen molar-refractivity contribution in [2.75, 3.05) is 16.8 Å². The molecule has 1 N–H and O–H groups in total. The summed E-state index contributed by atoms with van der Waals surface area (Å²) in [6.45, 7) is 2.24. The first-order valence-electron chi connectivity index (χ1n) is 9.19. The number of hydrogen-bond donors (Lipinski definition) is 1.